The number of fused-ring (bicyclic) bond motifs is 1. The summed E-state index contributed by atoms with van der Waals surface area (Å²) in [6.07, 6.45) is 5.90. The van der Waals surface area contributed by atoms with Gasteiger partial charge >= 0.3 is 0 Å². The van der Waals surface area contributed by atoms with E-state index in [0.717, 1.165) is 23.9 Å². The number of aromatic nitrogens is 4. The van der Waals surface area contributed by atoms with Crippen LogP contribution in [0.4, 0.5) is 11.6 Å². The average Bonchev–Trinajstić information content (AvgIpc) is 3.33. The number of nitrogens with one attached hydrogen (secondary N) is 2. The molecular formula is C16H16N6O. The lowest BCUT2D eigenvalue weighted by Gasteiger charge is -2.07. The zero-order valence-corrected chi connectivity index (χ0v) is 12.4. The van der Waals surface area contributed by atoms with Crippen LogP contribution < -0.4 is 10.6 Å². The minimum absolute atomic E-state index is 0.287. The SMILES string of the molecule is O=C(Nc1ccc2ncc(NCC3CC3)n2n1)c1ccccn1. The third-order valence-corrected chi connectivity index (χ3v) is 3.77. The van der Waals surface area contributed by atoms with Crippen molar-refractivity contribution >= 4 is 23.2 Å². The Labute approximate surface area is 132 Å². The minimum Gasteiger partial charge on any atom is -0.368 e. The molecule has 3 heterocycles. The smallest absolute Gasteiger partial charge is 0.275 e. The molecule has 0 radical (unpaired) electrons. The van der Waals surface area contributed by atoms with Crippen LogP contribution in [0.2, 0.25) is 0 Å². The van der Waals surface area contributed by atoms with Crippen LogP contribution in [0.25, 0.3) is 5.65 Å². The van der Waals surface area contributed by atoms with Crippen molar-refractivity contribution in [2.24, 2.45) is 5.92 Å². The molecule has 0 saturated heterocycles. The molecule has 0 bridgehead atoms. The molecule has 0 unspecified atom stereocenters. The number of rotatable bonds is 5. The van der Waals surface area contributed by atoms with Crippen molar-refractivity contribution in [3.05, 3.63) is 48.4 Å². The van der Waals surface area contributed by atoms with Crippen molar-refractivity contribution < 1.29 is 4.79 Å². The topological polar surface area (TPSA) is 84.2 Å². The van der Waals surface area contributed by atoms with E-state index in [1.54, 1.807) is 41.2 Å². The van der Waals surface area contributed by atoms with Gasteiger partial charge in [-0.15, -0.1) is 5.10 Å². The Hall–Kier alpha value is -2.96. The first-order chi connectivity index (χ1) is 11.3. The number of amides is 1. The first-order valence-electron chi connectivity index (χ1n) is 7.60. The molecule has 1 aliphatic carbocycles. The molecule has 0 aliphatic heterocycles. The van der Waals surface area contributed by atoms with Crippen LogP contribution in [0.1, 0.15) is 23.3 Å². The van der Waals surface area contributed by atoms with Gasteiger partial charge in [-0.1, -0.05) is 6.07 Å². The third kappa shape index (κ3) is 2.98. The molecule has 1 amide bonds. The number of hydrogen-bond donors (Lipinski definition) is 2. The molecule has 7 nitrogen and oxygen atoms in total. The van der Waals surface area contributed by atoms with Crippen LogP contribution in [-0.2, 0) is 0 Å². The number of carbonyl (C=O) groups excluding carboxylic acids is 1. The normalized spacial score (nSPS) is 13.9. The van der Waals surface area contributed by atoms with E-state index >= 15 is 0 Å². The van der Waals surface area contributed by atoms with Crippen molar-refractivity contribution in [2.45, 2.75) is 12.8 Å². The minimum atomic E-state index is -0.287. The molecule has 116 valence electrons. The summed E-state index contributed by atoms with van der Waals surface area (Å²) < 4.78 is 1.70. The van der Waals surface area contributed by atoms with Crippen LogP contribution in [0.15, 0.2) is 42.7 Å². The number of imidazole rings is 1. The number of carbonyl (C=O) groups is 1. The predicted octanol–water partition coefficient (Wildman–Crippen LogP) is 2.20. The highest BCUT2D eigenvalue weighted by molar-refractivity contribution is 6.02. The van der Waals surface area contributed by atoms with Gasteiger partial charge in [0.15, 0.2) is 11.5 Å². The molecule has 1 saturated carbocycles. The summed E-state index contributed by atoms with van der Waals surface area (Å²) in [6.45, 7) is 0.931. The van der Waals surface area contributed by atoms with E-state index in [0.29, 0.717) is 11.5 Å². The maximum Gasteiger partial charge on any atom is 0.275 e. The van der Waals surface area contributed by atoms with E-state index in [1.165, 1.54) is 12.8 Å². The lowest BCUT2D eigenvalue weighted by Crippen LogP contribution is -2.15. The summed E-state index contributed by atoms with van der Waals surface area (Å²) >= 11 is 0. The fourth-order valence-corrected chi connectivity index (χ4v) is 2.31. The fraction of sp³-hybridized carbons (Fsp3) is 0.250. The Morgan fingerprint density at radius 1 is 1.22 bits per heavy atom. The maximum atomic E-state index is 12.1. The predicted molar refractivity (Wildman–Crippen MR) is 86.4 cm³/mol. The molecule has 4 rings (SSSR count). The van der Waals surface area contributed by atoms with E-state index in [9.17, 15) is 4.79 Å². The van der Waals surface area contributed by atoms with Gasteiger partial charge in [0.2, 0.25) is 0 Å². The molecule has 1 fully saturated rings. The standard InChI is InChI=1S/C16H16N6O/c23-16(12-3-1-2-8-17-12)20-13-6-7-14-19-10-15(22(14)21-13)18-9-11-4-5-11/h1-3,6-8,10-11,18H,4-5,9H2,(H,20,21,23). The van der Waals surface area contributed by atoms with Gasteiger partial charge in [-0.2, -0.15) is 4.52 Å². The first-order valence-corrected chi connectivity index (χ1v) is 7.60. The fourth-order valence-electron chi connectivity index (χ4n) is 2.31. The van der Waals surface area contributed by atoms with Gasteiger partial charge in [0.25, 0.3) is 5.91 Å². The Balaban J connectivity index is 1.55. The van der Waals surface area contributed by atoms with Crippen LogP contribution in [0, 0.1) is 5.92 Å². The Morgan fingerprint density at radius 2 is 2.13 bits per heavy atom. The lowest BCUT2D eigenvalue weighted by atomic mass is 10.3. The maximum absolute atomic E-state index is 12.1. The second-order valence-corrected chi connectivity index (χ2v) is 5.63. The Kier molecular flexibility index (Phi) is 3.38. The van der Waals surface area contributed by atoms with Gasteiger partial charge in [0, 0.05) is 12.7 Å². The molecule has 2 N–H and O–H groups in total. The number of pyridine rings is 1. The van der Waals surface area contributed by atoms with Gasteiger partial charge in [0.1, 0.15) is 11.5 Å². The highest BCUT2D eigenvalue weighted by Gasteiger charge is 2.21. The summed E-state index contributed by atoms with van der Waals surface area (Å²) in [5.74, 6) is 1.76. The largest absolute Gasteiger partial charge is 0.368 e. The lowest BCUT2D eigenvalue weighted by molar-refractivity contribution is 0.102. The zero-order chi connectivity index (χ0) is 15.6. The second-order valence-electron chi connectivity index (χ2n) is 5.63. The van der Waals surface area contributed by atoms with Crippen molar-refractivity contribution in [1.82, 2.24) is 19.6 Å². The van der Waals surface area contributed by atoms with Crippen LogP contribution in [0.5, 0.6) is 0 Å². The molecule has 7 heteroatoms. The van der Waals surface area contributed by atoms with Gasteiger partial charge in [-0.25, -0.2) is 4.98 Å². The highest BCUT2D eigenvalue weighted by atomic mass is 16.1. The molecule has 23 heavy (non-hydrogen) atoms. The van der Waals surface area contributed by atoms with Gasteiger partial charge in [0.05, 0.1) is 6.20 Å². The first kappa shape index (κ1) is 13.7. The molecule has 3 aromatic heterocycles. The third-order valence-electron chi connectivity index (χ3n) is 3.77. The zero-order valence-electron chi connectivity index (χ0n) is 12.4. The Morgan fingerprint density at radius 3 is 2.91 bits per heavy atom. The van der Waals surface area contributed by atoms with Gasteiger partial charge in [-0.05, 0) is 43.0 Å². The van der Waals surface area contributed by atoms with Gasteiger partial charge in [-0.3, -0.25) is 9.78 Å². The summed E-state index contributed by atoms with van der Waals surface area (Å²) in [5, 5.41) is 10.5. The number of nitrogens with zero attached hydrogens (tertiary/aromatic N) is 4. The van der Waals surface area contributed by atoms with E-state index in [-0.39, 0.29) is 5.91 Å². The molecule has 3 aromatic rings. The van der Waals surface area contributed by atoms with Gasteiger partial charge < -0.3 is 10.6 Å². The molecule has 1 aliphatic rings. The highest BCUT2D eigenvalue weighted by Crippen LogP contribution is 2.29. The van der Waals surface area contributed by atoms with E-state index < -0.39 is 0 Å². The molecule has 0 spiro atoms. The van der Waals surface area contributed by atoms with Crippen LogP contribution in [0.3, 0.4) is 0 Å². The Bertz CT molecular complexity index is 840. The van der Waals surface area contributed by atoms with E-state index in [4.69, 9.17) is 0 Å². The van der Waals surface area contributed by atoms with Crippen molar-refractivity contribution in [1.29, 1.82) is 0 Å². The second kappa shape index (κ2) is 5.68. The molecule has 0 aromatic carbocycles. The van der Waals surface area contributed by atoms with E-state index in [1.807, 2.05) is 6.07 Å². The average molecular weight is 308 g/mol. The molecule has 0 atom stereocenters. The van der Waals surface area contributed by atoms with Crippen molar-refractivity contribution in [2.75, 3.05) is 17.2 Å². The summed E-state index contributed by atoms with van der Waals surface area (Å²) in [6, 6.07) is 8.75. The number of hydrogen-bond acceptors (Lipinski definition) is 5. The van der Waals surface area contributed by atoms with Crippen LogP contribution in [-0.4, -0.2) is 32.0 Å². The number of anilines is 2. The monoisotopic (exact) mass is 308 g/mol. The summed E-state index contributed by atoms with van der Waals surface area (Å²) in [7, 11) is 0. The summed E-state index contributed by atoms with van der Waals surface area (Å²) in [4.78, 5) is 20.5. The quantitative estimate of drug-likeness (QED) is 0.755. The van der Waals surface area contributed by atoms with E-state index in [2.05, 4.69) is 25.7 Å². The van der Waals surface area contributed by atoms with Crippen molar-refractivity contribution in [3.63, 3.8) is 0 Å². The van der Waals surface area contributed by atoms with Crippen molar-refractivity contribution in [3.8, 4) is 0 Å². The van der Waals surface area contributed by atoms with Crippen LogP contribution >= 0.6 is 0 Å². The summed E-state index contributed by atoms with van der Waals surface area (Å²) in [5.41, 5.74) is 1.09. The molecular weight excluding hydrogens is 292 g/mol.